The molecule has 0 aromatic heterocycles. The maximum absolute atomic E-state index is 12.6. The van der Waals surface area contributed by atoms with Crippen molar-refractivity contribution in [3.63, 3.8) is 0 Å². The summed E-state index contributed by atoms with van der Waals surface area (Å²) in [6, 6.07) is 0.412. The number of carbonyl (C=O) groups excluding carboxylic acids is 2. The van der Waals surface area contributed by atoms with Gasteiger partial charge in [-0.2, -0.15) is 11.8 Å². The van der Waals surface area contributed by atoms with Crippen molar-refractivity contribution in [2.24, 2.45) is 5.92 Å². The average Bonchev–Trinajstić information content (AvgIpc) is 3.02. The predicted molar refractivity (Wildman–Crippen MR) is 80.6 cm³/mol. The maximum atomic E-state index is 12.6. The molecule has 2 amide bonds. The summed E-state index contributed by atoms with van der Waals surface area (Å²) in [5.41, 5.74) is 0. The molecule has 4 nitrogen and oxygen atoms in total. The van der Waals surface area contributed by atoms with Gasteiger partial charge in [-0.25, -0.2) is 0 Å². The fourth-order valence-corrected chi connectivity index (χ4v) is 4.59. The maximum Gasteiger partial charge on any atom is 0.227 e. The van der Waals surface area contributed by atoms with E-state index in [1.54, 1.807) is 0 Å². The predicted octanol–water partition coefficient (Wildman–Crippen LogP) is 1.74. The molecular weight excluding hydrogens is 272 g/mol. The molecule has 1 unspecified atom stereocenters. The zero-order valence-corrected chi connectivity index (χ0v) is 12.9. The van der Waals surface area contributed by atoms with Crippen LogP contribution in [0.5, 0.6) is 0 Å². The highest BCUT2D eigenvalue weighted by atomic mass is 32.2. The Kier molecular flexibility index (Phi) is 4.54. The Morgan fingerprint density at radius 1 is 1.10 bits per heavy atom. The van der Waals surface area contributed by atoms with Crippen molar-refractivity contribution in [3.05, 3.63) is 0 Å². The lowest BCUT2D eigenvalue weighted by Gasteiger charge is -2.38. The van der Waals surface area contributed by atoms with E-state index >= 15 is 0 Å². The summed E-state index contributed by atoms with van der Waals surface area (Å²) in [6.45, 7) is 2.45. The number of likely N-dealkylation sites (tertiary alicyclic amines) is 1. The Hall–Kier alpha value is -0.710. The van der Waals surface area contributed by atoms with Crippen LogP contribution in [0.3, 0.4) is 0 Å². The highest BCUT2D eigenvalue weighted by Gasteiger charge is 2.36. The SMILES string of the molecule is O=C(C1CCC(=O)N(C2CCCC2)C1)N1CCSCC1. The standard InChI is InChI=1S/C15H24N2O2S/c18-14-6-5-12(11-17(14)13-3-1-2-4-13)15(19)16-7-9-20-10-8-16/h12-13H,1-11H2. The minimum atomic E-state index is 0.0522. The zero-order chi connectivity index (χ0) is 13.9. The Bertz CT molecular complexity index is 376. The quantitative estimate of drug-likeness (QED) is 0.779. The third-order valence-corrected chi connectivity index (χ3v) is 5.82. The highest BCUT2D eigenvalue weighted by molar-refractivity contribution is 7.99. The van der Waals surface area contributed by atoms with E-state index < -0.39 is 0 Å². The summed E-state index contributed by atoms with van der Waals surface area (Å²) < 4.78 is 0. The van der Waals surface area contributed by atoms with E-state index in [-0.39, 0.29) is 11.8 Å². The van der Waals surface area contributed by atoms with Crippen LogP contribution in [0, 0.1) is 5.92 Å². The summed E-state index contributed by atoms with van der Waals surface area (Å²) >= 11 is 1.93. The molecule has 5 heteroatoms. The third kappa shape index (κ3) is 2.97. The Balaban J connectivity index is 1.62. The zero-order valence-electron chi connectivity index (χ0n) is 12.1. The van der Waals surface area contributed by atoms with E-state index in [0.717, 1.165) is 43.9 Å². The van der Waals surface area contributed by atoms with Crippen molar-refractivity contribution in [1.29, 1.82) is 0 Å². The van der Waals surface area contributed by atoms with Gasteiger partial charge in [-0.3, -0.25) is 9.59 Å². The third-order valence-electron chi connectivity index (χ3n) is 4.88. The highest BCUT2D eigenvalue weighted by Crippen LogP contribution is 2.29. The van der Waals surface area contributed by atoms with Gasteiger partial charge in [0.25, 0.3) is 0 Å². The Morgan fingerprint density at radius 3 is 2.50 bits per heavy atom. The normalized spacial score (nSPS) is 29.0. The minimum absolute atomic E-state index is 0.0522. The Morgan fingerprint density at radius 2 is 1.80 bits per heavy atom. The minimum Gasteiger partial charge on any atom is -0.341 e. The Labute approximate surface area is 125 Å². The summed E-state index contributed by atoms with van der Waals surface area (Å²) in [5.74, 6) is 2.74. The molecule has 0 spiro atoms. The molecule has 2 saturated heterocycles. The van der Waals surface area contributed by atoms with Gasteiger partial charge in [0.1, 0.15) is 0 Å². The van der Waals surface area contributed by atoms with Gasteiger partial charge in [-0.05, 0) is 19.3 Å². The smallest absolute Gasteiger partial charge is 0.227 e. The molecule has 20 heavy (non-hydrogen) atoms. The summed E-state index contributed by atoms with van der Waals surface area (Å²) in [6.07, 6.45) is 6.05. The molecule has 3 aliphatic rings. The van der Waals surface area contributed by atoms with Crippen LogP contribution in [-0.2, 0) is 9.59 Å². The second kappa shape index (κ2) is 6.37. The largest absolute Gasteiger partial charge is 0.341 e. The van der Waals surface area contributed by atoms with Crippen LogP contribution in [0.4, 0.5) is 0 Å². The molecule has 3 fully saturated rings. The van der Waals surface area contributed by atoms with E-state index in [4.69, 9.17) is 0 Å². The molecule has 1 aliphatic carbocycles. The first-order chi connectivity index (χ1) is 9.75. The van der Waals surface area contributed by atoms with Gasteiger partial charge in [0, 0.05) is 43.6 Å². The first-order valence-corrected chi connectivity index (χ1v) is 9.07. The van der Waals surface area contributed by atoms with Gasteiger partial charge in [0.05, 0.1) is 5.92 Å². The molecule has 0 N–H and O–H groups in total. The van der Waals surface area contributed by atoms with Crippen LogP contribution in [-0.4, -0.2) is 58.8 Å². The second-order valence-corrected chi connectivity index (χ2v) is 7.38. The van der Waals surface area contributed by atoms with E-state index in [2.05, 4.69) is 0 Å². The van der Waals surface area contributed by atoms with Gasteiger partial charge >= 0.3 is 0 Å². The van der Waals surface area contributed by atoms with E-state index in [9.17, 15) is 9.59 Å². The topological polar surface area (TPSA) is 40.6 Å². The van der Waals surface area contributed by atoms with Gasteiger partial charge < -0.3 is 9.80 Å². The summed E-state index contributed by atoms with van der Waals surface area (Å²) in [7, 11) is 0. The van der Waals surface area contributed by atoms with Crippen molar-refractivity contribution >= 4 is 23.6 Å². The molecule has 0 radical (unpaired) electrons. The average molecular weight is 296 g/mol. The number of rotatable bonds is 2. The van der Waals surface area contributed by atoms with Crippen molar-refractivity contribution < 1.29 is 9.59 Å². The number of piperidine rings is 1. The molecule has 1 atom stereocenters. The first-order valence-electron chi connectivity index (χ1n) is 7.91. The molecule has 1 saturated carbocycles. The number of nitrogens with zero attached hydrogens (tertiary/aromatic N) is 2. The van der Waals surface area contributed by atoms with Crippen molar-refractivity contribution in [2.75, 3.05) is 31.1 Å². The molecule has 3 rings (SSSR count). The molecular formula is C15H24N2O2S. The fourth-order valence-electron chi connectivity index (χ4n) is 3.68. The van der Waals surface area contributed by atoms with Crippen LogP contribution in [0.25, 0.3) is 0 Å². The number of amides is 2. The lowest BCUT2D eigenvalue weighted by atomic mass is 9.94. The molecule has 0 aromatic rings. The van der Waals surface area contributed by atoms with Crippen LogP contribution in [0.2, 0.25) is 0 Å². The molecule has 2 heterocycles. The molecule has 0 bridgehead atoms. The van der Waals surface area contributed by atoms with Crippen LogP contribution in [0.15, 0.2) is 0 Å². The van der Waals surface area contributed by atoms with E-state index in [1.165, 1.54) is 12.8 Å². The molecule has 2 aliphatic heterocycles. The van der Waals surface area contributed by atoms with Crippen LogP contribution >= 0.6 is 11.8 Å². The van der Waals surface area contributed by atoms with Crippen molar-refractivity contribution in [3.8, 4) is 0 Å². The lowest BCUT2D eigenvalue weighted by molar-refractivity contribution is -0.144. The van der Waals surface area contributed by atoms with Crippen molar-refractivity contribution in [1.82, 2.24) is 9.80 Å². The van der Waals surface area contributed by atoms with Crippen LogP contribution < -0.4 is 0 Å². The van der Waals surface area contributed by atoms with Crippen LogP contribution in [0.1, 0.15) is 38.5 Å². The first kappa shape index (κ1) is 14.2. The van der Waals surface area contributed by atoms with Gasteiger partial charge in [-0.1, -0.05) is 12.8 Å². The summed E-state index contributed by atoms with van der Waals surface area (Å²) in [5, 5.41) is 0. The van der Waals surface area contributed by atoms with Crippen molar-refractivity contribution in [2.45, 2.75) is 44.6 Å². The van der Waals surface area contributed by atoms with Gasteiger partial charge in [-0.15, -0.1) is 0 Å². The monoisotopic (exact) mass is 296 g/mol. The number of hydrogen-bond acceptors (Lipinski definition) is 3. The van der Waals surface area contributed by atoms with Gasteiger partial charge in [0.2, 0.25) is 11.8 Å². The lowest BCUT2D eigenvalue weighted by Crippen LogP contribution is -2.51. The number of thioether (sulfide) groups is 1. The number of carbonyl (C=O) groups is 2. The van der Waals surface area contributed by atoms with E-state index in [0.29, 0.717) is 24.9 Å². The number of hydrogen-bond donors (Lipinski definition) is 0. The van der Waals surface area contributed by atoms with E-state index in [1.807, 2.05) is 21.6 Å². The molecule has 0 aromatic carbocycles. The summed E-state index contributed by atoms with van der Waals surface area (Å²) in [4.78, 5) is 28.8. The van der Waals surface area contributed by atoms with Gasteiger partial charge in [0.15, 0.2) is 0 Å². The fraction of sp³-hybridized carbons (Fsp3) is 0.867. The second-order valence-electron chi connectivity index (χ2n) is 6.16. The molecule has 112 valence electrons.